The first-order valence-electron chi connectivity index (χ1n) is 8.33. The molecule has 0 atom stereocenters. The third-order valence-corrected chi connectivity index (χ3v) is 3.83. The minimum atomic E-state index is -0.165. The van der Waals surface area contributed by atoms with E-state index < -0.39 is 0 Å². The van der Waals surface area contributed by atoms with Crippen LogP contribution in [-0.2, 0) is 9.59 Å². The smallest absolute Gasteiger partial charge is 0.248 e. The van der Waals surface area contributed by atoms with Crippen molar-refractivity contribution in [1.29, 1.82) is 0 Å². The van der Waals surface area contributed by atoms with Crippen LogP contribution in [0.2, 0.25) is 0 Å². The van der Waals surface area contributed by atoms with Gasteiger partial charge in [-0.25, -0.2) is 0 Å². The molecular weight excluding hydrogens is 312 g/mol. The zero-order valence-corrected chi connectivity index (χ0v) is 15.1. The average Bonchev–Trinajstić information content (AvgIpc) is 2.55. The lowest BCUT2D eigenvalue weighted by atomic mass is 9.98. The number of rotatable bonds is 5. The summed E-state index contributed by atoms with van der Waals surface area (Å²) in [6.07, 6.45) is 3.27. The largest absolute Gasteiger partial charge is 0.326 e. The summed E-state index contributed by atoms with van der Waals surface area (Å²) in [6.45, 7) is 7.68. The first-order valence-corrected chi connectivity index (χ1v) is 8.33. The van der Waals surface area contributed by atoms with Crippen molar-refractivity contribution in [3.8, 4) is 0 Å². The molecule has 25 heavy (non-hydrogen) atoms. The van der Waals surface area contributed by atoms with Gasteiger partial charge in [0.05, 0.1) is 0 Å². The van der Waals surface area contributed by atoms with Gasteiger partial charge in [-0.1, -0.05) is 44.2 Å². The molecule has 130 valence electrons. The molecule has 2 rings (SSSR count). The molecule has 2 aromatic carbocycles. The molecule has 0 aliphatic rings. The van der Waals surface area contributed by atoms with Gasteiger partial charge < -0.3 is 10.6 Å². The fourth-order valence-corrected chi connectivity index (χ4v) is 2.56. The predicted molar refractivity (Wildman–Crippen MR) is 104 cm³/mol. The normalized spacial score (nSPS) is 10.9. The first kappa shape index (κ1) is 18.5. The summed E-state index contributed by atoms with van der Waals surface area (Å²) in [5.74, 6) is 0.0597. The summed E-state index contributed by atoms with van der Waals surface area (Å²) in [7, 11) is 0. The minimum absolute atomic E-state index is 0.109. The lowest BCUT2D eigenvalue weighted by molar-refractivity contribution is -0.114. The topological polar surface area (TPSA) is 58.2 Å². The summed E-state index contributed by atoms with van der Waals surface area (Å²) in [5, 5.41) is 5.70. The summed E-state index contributed by atoms with van der Waals surface area (Å²) in [5.41, 5.74) is 4.68. The van der Waals surface area contributed by atoms with Crippen LogP contribution < -0.4 is 10.6 Å². The van der Waals surface area contributed by atoms with Crippen LogP contribution in [0.3, 0.4) is 0 Å². The Hall–Kier alpha value is -2.88. The molecule has 0 aliphatic heterocycles. The molecule has 2 aromatic rings. The molecule has 0 aliphatic carbocycles. The molecule has 0 saturated heterocycles. The van der Waals surface area contributed by atoms with Gasteiger partial charge in [0.1, 0.15) is 0 Å². The molecule has 0 saturated carbocycles. The van der Waals surface area contributed by atoms with E-state index in [0.29, 0.717) is 5.92 Å². The van der Waals surface area contributed by atoms with Gasteiger partial charge in [-0.2, -0.15) is 0 Å². The van der Waals surface area contributed by atoms with Crippen molar-refractivity contribution in [3.63, 3.8) is 0 Å². The van der Waals surface area contributed by atoms with E-state index in [1.165, 1.54) is 13.0 Å². The van der Waals surface area contributed by atoms with Gasteiger partial charge in [0.15, 0.2) is 0 Å². The van der Waals surface area contributed by atoms with Gasteiger partial charge in [-0.05, 0) is 47.7 Å². The monoisotopic (exact) mass is 336 g/mol. The van der Waals surface area contributed by atoms with Gasteiger partial charge in [0, 0.05) is 24.4 Å². The number of carbonyl (C=O) groups excluding carboxylic acids is 2. The van der Waals surface area contributed by atoms with Crippen molar-refractivity contribution in [2.24, 2.45) is 0 Å². The summed E-state index contributed by atoms with van der Waals surface area (Å²) < 4.78 is 0. The van der Waals surface area contributed by atoms with E-state index in [9.17, 15) is 9.59 Å². The zero-order valence-electron chi connectivity index (χ0n) is 15.1. The van der Waals surface area contributed by atoms with Gasteiger partial charge in [-0.15, -0.1) is 0 Å². The Labute approximate surface area is 149 Å². The van der Waals surface area contributed by atoms with Crippen LogP contribution in [0, 0.1) is 6.92 Å². The maximum Gasteiger partial charge on any atom is 0.248 e. The zero-order chi connectivity index (χ0) is 18.4. The van der Waals surface area contributed by atoms with Gasteiger partial charge in [0.2, 0.25) is 11.8 Å². The minimum Gasteiger partial charge on any atom is -0.326 e. The Kier molecular flexibility index (Phi) is 6.12. The second-order valence-corrected chi connectivity index (χ2v) is 6.32. The number of anilines is 2. The Balaban J connectivity index is 2.08. The lowest BCUT2D eigenvalue weighted by Crippen LogP contribution is -2.11. The van der Waals surface area contributed by atoms with Crippen molar-refractivity contribution >= 4 is 29.3 Å². The summed E-state index contributed by atoms with van der Waals surface area (Å²) >= 11 is 0. The van der Waals surface area contributed by atoms with E-state index in [-0.39, 0.29) is 11.8 Å². The van der Waals surface area contributed by atoms with E-state index in [4.69, 9.17) is 0 Å². The molecule has 0 heterocycles. The van der Waals surface area contributed by atoms with E-state index in [2.05, 4.69) is 24.5 Å². The summed E-state index contributed by atoms with van der Waals surface area (Å²) in [4.78, 5) is 23.3. The molecular formula is C21H24N2O2. The third-order valence-electron chi connectivity index (χ3n) is 3.83. The van der Waals surface area contributed by atoms with Gasteiger partial charge in [-0.3, -0.25) is 9.59 Å². The van der Waals surface area contributed by atoms with Crippen molar-refractivity contribution in [3.05, 3.63) is 65.2 Å². The highest BCUT2D eigenvalue weighted by atomic mass is 16.2. The molecule has 0 bridgehead atoms. The number of aryl methyl sites for hydroxylation is 1. The second kappa shape index (κ2) is 8.29. The fourth-order valence-electron chi connectivity index (χ4n) is 2.56. The highest BCUT2D eigenvalue weighted by molar-refractivity contribution is 6.03. The van der Waals surface area contributed by atoms with Crippen LogP contribution in [-0.4, -0.2) is 11.8 Å². The number of hydrogen-bond donors (Lipinski definition) is 2. The quantitative estimate of drug-likeness (QED) is 0.776. The van der Waals surface area contributed by atoms with Crippen LogP contribution in [0.5, 0.6) is 0 Å². The molecule has 0 unspecified atom stereocenters. The van der Waals surface area contributed by atoms with Crippen molar-refractivity contribution in [2.75, 3.05) is 10.6 Å². The van der Waals surface area contributed by atoms with E-state index >= 15 is 0 Å². The van der Waals surface area contributed by atoms with E-state index in [1.54, 1.807) is 18.2 Å². The number of nitrogens with one attached hydrogen (secondary N) is 2. The van der Waals surface area contributed by atoms with Gasteiger partial charge >= 0.3 is 0 Å². The number of amides is 2. The number of para-hydroxylation sites is 1. The van der Waals surface area contributed by atoms with Crippen molar-refractivity contribution < 1.29 is 9.59 Å². The molecule has 2 N–H and O–H groups in total. The highest BCUT2D eigenvalue weighted by Gasteiger charge is 2.10. The average molecular weight is 336 g/mol. The molecule has 0 radical (unpaired) electrons. The molecule has 0 aromatic heterocycles. The molecule has 0 spiro atoms. The Morgan fingerprint density at radius 2 is 1.68 bits per heavy atom. The van der Waals surface area contributed by atoms with Crippen LogP contribution in [0.15, 0.2) is 48.5 Å². The van der Waals surface area contributed by atoms with Crippen LogP contribution in [0.1, 0.15) is 43.4 Å². The third kappa shape index (κ3) is 5.31. The van der Waals surface area contributed by atoms with Crippen molar-refractivity contribution in [1.82, 2.24) is 0 Å². The highest BCUT2D eigenvalue weighted by Crippen LogP contribution is 2.27. The second-order valence-electron chi connectivity index (χ2n) is 6.32. The van der Waals surface area contributed by atoms with Crippen LogP contribution in [0.25, 0.3) is 6.08 Å². The SMILES string of the molecule is CC(=O)Nc1ccc(/C=C/C(=O)Nc2c(C)cccc2C(C)C)cc1. The molecule has 0 fully saturated rings. The number of benzene rings is 2. The predicted octanol–water partition coefficient (Wildman–Crippen LogP) is 4.73. The lowest BCUT2D eigenvalue weighted by Gasteiger charge is -2.15. The number of carbonyl (C=O) groups is 2. The Bertz CT molecular complexity index is 790. The number of hydrogen-bond acceptors (Lipinski definition) is 2. The van der Waals surface area contributed by atoms with Crippen LogP contribution in [0.4, 0.5) is 11.4 Å². The van der Waals surface area contributed by atoms with E-state index in [1.807, 2.05) is 37.3 Å². The van der Waals surface area contributed by atoms with E-state index in [0.717, 1.165) is 28.1 Å². The van der Waals surface area contributed by atoms with Crippen molar-refractivity contribution in [2.45, 2.75) is 33.6 Å². The first-order chi connectivity index (χ1) is 11.9. The molecule has 4 heteroatoms. The van der Waals surface area contributed by atoms with Gasteiger partial charge in [0.25, 0.3) is 0 Å². The Morgan fingerprint density at radius 1 is 1.00 bits per heavy atom. The summed E-state index contributed by atoms with van der Waals surface area (Å²) in [6, 6.07) is 13.3. The fraction of sp³-hybridized carbons (Fsp3) is 0.238. The maximum absolute atomic E-state index is 12.3. The molecule has 4 nitrogen and oxygen atoms in total. The standard InChI is InChI=1S/C21H24N2O2/c1-14(2)19-7-5-6-15(3)21(19)23-20(25)13-10-17-8-11-18(12-9-17)22-16(4)24/h5-14H,1-4H3,(H,22,24)(H,23,25)/b13-10+. The Morgan fingerprint density at radius 3 is 2.28 bits per heavy atom. The molecule has 2 amide bonds. The van der Waals surface area contributed by atoms with Crippen LogP contribution >= 0.6 is 0 Å². The maximum atomic E-state index is 12.3.